The summed E-state index contributed by atoms with van der Waals surface area (Å²) in [5.74, 6) is 1.92. The minimum Gasteiger partial charge on any atom is -0.467 e. The quantitative estimate of drug-likeness (QED) is 0.908. The van der Waals surface area contributed by atoms with Gasteiger partial charge in [0.25, 0.3) is 0 Å². The molecule has 2 rings (SSSR count). The molecule has 0 saturated carbocycles. The summed E-state index contributed by atoms with van der Waals surface area (Å²) in [6.07, 6.45) is 3.53. The third-order valence-corrected chi connectivity index (χ3v) is 3.01. The van der Waals surface area contributed by atoms with Crippen molar-refractivity contribution in [2.45, 2.75) is 39.4 Å². The molecule has 0 unspecified atom stereocenters. The van der Waals surface area contributed by atoms with Crippen molar-refractivity contribution >= 4 is 5.82 Å². The normalized spacial score (nSPS) is 11.6. The second-order valence-electron chi connectivity index (χ2n) is 6.03. The largest absolute Gasteiger partial charge is 0.467 e. The molecule has 0 atom stereocenters. The first-order valence-electron chi connectivity index (χ1n) is 6.88. The van der Waals surface area contributed by atoms with Crippen LogP contribution in [0.2, 0.25) is 0 Å². The molecule has 0 spiro atoms. The maximum Gasteiger partial charge on any atom is 0.133 e. The summed E-state index contributed by atoms with van der Waals surface area (Å²) in [6.45, 7) is 8.00. The molecular formula is C16H23N3O. The number of pyridine rings is 1. The lowest BCUT2D eigenvalue weighted by atomic mass is 10.1. The summed E-state index contributed by atoms with van der Waals surface area (Å²) in [5.41, 5.74) is 1.28. The molecule has 4 nitrogen and oxygen atoms in total. The van der Waals surface area contributed by atoms with Crippen LogP contribution in [-0.4, -0.2) is 17.6 Å². The Morgan fingerprint density at radius 3 is 2.70 bits per heavy atom. The lowest BCUT2D eigenvalue weighted by Gasteiger charge is -2.24. The van der Waals surface area contributed by atoms with Crippen molar-refractivity contribution in [2.24, 2.45) is 0 Å². The number of rotatable bonds is 5. The highest BCUT2D eigenvalue weighted by molar-refractivity contribution is 5.46. The Morgan fingerprint density at radius 2 is 2.05 bits per heavy atom. The fraction of sp³-hybridized carbons (Fsp3) is 0.438. The van der Waals surface area contributed by atoms with Crippen molar-refractivity contribution in [1.82, 2.24) is 10.3 Å². The smallest absolute Gasteiger partial charge is 0.133 e. The SMILES string of the molecule is CN(Cc1ccco1)c1ncccc1CNC(C)(C)C. The number of hydrogen-bond acceptors (Lipinski definition) is 4. The molecule has 2 heterocycles. The van der Waals surface area contributed by atoms with Crippen LogP contribution in [0.15, 0.2) is 41.1 Å². The van der Waals surface area contributed by atoms with Crippen LogP contribution in [0.3, 0.4) is 0 Å². The maximum absolute atomic E-state index is 5.39. The highest BCUT2D eigenvalue weighted by atomic mass is 16.3. The second-order valence-corrected chi connectivity index (χ2v) is 6.03. The molecule has 2 aromatic heterocycles. The third-order valence-electron chi connectivity index (χ3n) is 3.01. The van der Waals surface area contributed by atoms with Gasteiger partial charge in [-0.25, -0.2) is 4.98 Å². The van der Waals surface area contributed by atoms with Gasteiger partial charge in [0.2, 0.25) is 0 Å². The molecule has 0 fully saturated rings. The van der Waals surface area contributed by atoms with Crippen LogP contribution in [0.5, 0.6) is 0 Å². The molecule has 20 heavy (non-hydrogen) atoms. The van der Waals surface area contributed by atoms with Crippen molar-refractivity contribution in [2.75, 3.05) is 11.9 Å². The number of hydrogen-bond donors (Lipinski definition) is 1. The Kier molecular flexibility index (Phi) is 4.45. The van der Waals surface area contributed by atoms with Gasteiger partial charge in [0.05, 0.1) is 12.8 Å². The van der Waals surface area contributed by atoms with Crippen molar-refractivity contribution in [1.29, 1.82) is 0 Å². The van der Waals surface area contributed by atoms with Crippen LogP contribution >= 0.6 is 0 Å². The molecule has 108 valence electrons. The third kappa shape index (κ3) is 4.10. The first kappa shape index (κ1) is 14.6. The summed E-state index contributed by atoms with van der Waals surface area (Å²) in [6, 6.07) is 7.97. The zero-order valence-corrected chi connectivity index (χ0v) is 12.7. The lowest BCUT2D eigenvalue weighted by molar-refractivity contribution is 0.424. The van der Waals surface area contributed by atoms with Crippen molar-refractivity contribution in [3.63, 3.8) is 0 Å². The zero-order valence-electron chi connectivity index (χ0n) is 12.7. The Morgan fingerprint density at radius 1 is 1.25 bits per heavy atom. The molecule has 0 aliphatic carbocycles. The first-order chi connectivity index (χ1) is 9.46. The number of furan rings is 1. The van der Waals surface area contributed by atoms with E-state index in [4.69, 9.17) is 4.42 Å². The summed E-state index contributed by atoms with van der Waals surface area (Å²) in [5, 5.41) is 3.50. The van der Waals surface area contributed by atoms with E-state index in [0.29, 0.717) is 6.54 Å². The fourth-order valence-corrected chi connectivity index (χ4v) is 1.98. The monoisotopic (exact) mass is 273 g/mol. The van der Waals surface area contributed by atoms with Crippen LogP contribution in [0.1, 0.15) is 32.1 Å². The van der Waals surface area contributed by atoms with E-state index in [0.717, 1.165) is 18.1 Å². The van der Waals surface area contributed by atoms with Crippen LogP contribution in [0, 0.1) is 0 Å². The van der Waals surface area contributed by atoms with E-state index >= 15 is 0 Å². The Labute approximate surface area is 120 Å². The van der Waals surface area contributed by atoms with Gasteiger partial charge >= 0.3 is 0 Å². The predicted molar refractivity (Wildman–Crippen MR) is 81.6 cm³/mol. The fourth-order valence-electron chi connectivity index (χ4n) is 1.98. The topological polar surface area (TPSA) is 41.3 Å². The Bertz CT molecular complexity index is 529. The van der Waals surface area contributed by atoms with Crippen molar-refractivity contribution < 1.29 is 4.42 Å². The van der Waals surface area contributed by atoms with E-state index in [1.807, 2.05) is 31.4 Å². The van der Waals surface area contributed by atoms with E-state index in [1.165, 1.54) is 5.56 Å². The van der Waals surface area contributed by atoms with E-state index in [2.05, 4.69) is 42.0 Å². The van der Waals surface area contributed by atoms with E-state index in [9.17, 15) is 0 Å². The zero-order chi connectivity index (χ0) is 14.6. The van der Waals surface area contributed by atoms with Crippen LogP contribution in [0.4, 0.5) is 5.82 Å². The predicted octanol–water partition coefficient (Wildman–Crippen LogP) is 3.20. The van der Waals surface area contributed by atoms with Crippen LogP contribution in [-0.2, 0) is 13.1 Å². The maximum atomic E-state index is 5.39. The van der Waals surface area contributed by atoms with Gasteiger partial charge in [-0.15, -0.1) is 0 Å². The molecule has 0 amide bonds. The highest BCUT2D eigenvalue weighted by Crippen LogP contribution is 2.19. The van der Waals surface area contributed by atoms with Gasteiger partial charge in [0.15, 0.2) is 0 Å². The molecular weight excluding hydrogens is 250 g/mol. The lowest BCUT2D eigenvalue weighted by Crippen LogP contribution is -2.35. The van der Waals surface area contributed by atoms with Gasteiger partial charge in [-0.05, 0) is 39.0 Å². The molecule has 0 aliphatic heterocycles. The molecule has 0 saturated heterocycles. The van der Waals surface area contributed by atoms with Gasteiger partial charge in [-0.2, -0.15) is 0 Å². The van der Waals surface area contributed by atoms with E-state index < -0.39 is 0 Å². The van der Waals surface area contributed by atoms with E-state index in [-0.39, 0.29) is 5.54 Å². The van der Waals surface area contributed by atoms with Gasteiger partial charge in [0, 0.05) is 30.9 Å². The summed E-state index contributed by atoms with van der Waals surface area (Å²) in [7, 11) is 2.03. The summed E-state index contributed by atoms with van der Waals surface area (Å²) >= 11 is 0. The van der Waals surface area contributed by atoms with E-state index in [1.54, 1.807) is 6.26 Å². The minimum atomic E-state index is 0.0900. The molecule has 0 bridgehead atoms. The minimum absolute atomic E-state index is 0.0900. The van der Waals surface area contributed by atoms with Crippen LogP contribution < -0.4 is 10.2 Å². The average Bonchev–Trinajstić information content (AvgIpc) is 2.88. The molecule has 1 N–H and O–H groups in total. The standard InChI is InChI=1S/C16H23N3O/c1-16(2,3)18-11-13-7-5-9-17-15(13)19(4)12-14-8-6-10-20-14/h5-10,18H,11-12H2,1-4H3. The number of aromatic nitrogens is 1. The first-order valence-corrected chi connectivity index (χ1v) is 6.88. The Balaban J connectivity index is 2.10. The summed E-state index contributed by atoms with van der Waals surface area (Å²) < 4.78 is 5.39. The van der Waals surface area contributed by atoms with Gasteiger partial charge in [-0.1, -0.05) is 6.07 Å². The Hall–Kier alpha value is -1.81. The van der Waals surface area contributed by atoms with Crippen LogP contribution in [0.25, 0.3) is 0 Å². The van der Waals surface area contributed by atoms with Gasteiger partial charge < -0.3 is 14.6 Å². The summed E-state index contributed by atoms with van der Waals surface area (Å²) in [4.78, 5) is 6.61. The highest BCUT2D eigenvalue weighted by Gasteiger charge is 2.13. The molecule has 0 radical (unpaired) electrons. The number of nitrogens with zero attached hydrogens (tertiary/aromatic N) is 2. The molecule has 2 aromatic rings. The van der Waals surface area contributed by atoms with Gasteiger partial charge in [-0.3, -0.25) is 0 Å². The second kappa shape index (κ2) is 6.09. The number of nitrogens with one attached hydrogen (secondary N) is 1. The molecule has 4 heteroatoms. The molecule has 0 aromatic carbocycles. The number of anilines is 1. The van der Waals surface area contributed by atoms with Crippen molar-refractivity contribution in [3.8, 4) is 0 Å². The van der Waals surface area contributed by atoms with Gasteiger partial charge in [0.1, 0.15) is 11.6 Å². The molecule has 0 aliphatic rings. The average molecular weight is 273 g/mol. The van der Waals surface area contributed by atoms with Crippen molar-refractivity contribution in [3.05, 3.63) is 48.0 Å².